The average Bonchev–Trinajstić information content (AvgIpc) is 2.86. The van der Waals surface area contributed by atoms with Gasteiger partial charge >= 0.3 is 5.97 Å². The first kappa shape index (κ1) is 15.4. The summed E-state index contributed by atoms with van der Waals surface area (Å²) in [5, 5.41) is 12.0. The highest BCUT2D eigenvalue weighted by Gasteiger charge is 2.37. The van der Waals surface area contributed by atoms with Crippen molar-refractivity contribution < 1.29 is 19.4 Å². The van der Waals surface area contributed by atoms with Gasteiger partial charge < -0.3 is 15.2 Å². The van der Waals surface area contributed by atoms with E-state index in [1.165, 1.54) is 0 Å². The van der Waals surface area contributed by atoms with Crippen LogP contribution < -0.4 is 10.1 Å². The average molecular weight is 291 g/mol. The van der Waals surface area contributed by atoms with Crippen LogP contribution in [0.3, 0.4) is 0 Å². The molecule has 114 valence electrons. The van der Waals surface area contributed by atoms with Crippen molar-refractivity contribution in [2.45, 2.75) is 44.1 Å². The summed E-state index contributed by atoms with van der Waals surface area (Å²) >= 11 is 0. The first-order chi connectivity index (χ1) is 10.0. The number of nitrogens with one attached hydrogen (secondary N) is 1. The zero-order chi connectivity index (χ0) is 15.3. The molecular weight excluding hydrogens is 270 g/mol. The predicted octanol–water partition coefficient (Wildman–Crippen LogP) is 2.14. The van der Waals surface area contributed by atoms with Crippen molar-refractivity contribution in [2.75, 3.05) is 7.11 Å². The van der Waals surface area contributed by atoms with E-state index in [2.05, 4.69) is 5.32 Å². The maximum absolute atomic E-state index is 12.2. The molecule has 0 radical (unpaired) electrons. The van der Waals surface area contributed by atoms with Crippen LogP contribution in [0.4, 0.5) is 0 Å². The number of carbonyl (C=O) groups excluding carboxylic acids is 1. The van der Waals surface area contributed by atoms with E-state index in [1.807, 2.05) is 24.3 Å². The Labute approximate surface area is 124 Å². The minimum Gasteiger partial charge on any atom is -0.497 e. The van der Waals surface area contributed by atoms with E-state index in [4.69, 9.17) is 9.84 Å². The van der Waals surface area contributed by atoms with Gasteiger partial charge in [0.05, 0.1) is 25.5 Å². The molecule has 0 spiro atoms. The van der Waals surface area contributed by atoms with Gasteiger partial charge in [-0.1, -0.05) is 25.0 Å². The molecule has 1 aromatic rings. The normalized spacial score (nSPS) is 16.4. The van der Waals surface area contributed by atoms with Gasteiger partial charge in [0.2, 0.25) is 5.91 Å². The Kier molecular flexibility index (Phi) is 4.83. The maximum Gasteiger partial charge on any atom is 0.305 e. The number of carboxylic acid groups (broad SMARTS) is 1. The minimum absolute atomic E-state index is 0.00134. The lowest BCUT2D eigenvalue weighted by Crippen LogP contribution is -2.48. The van der Waals surface area contributed by atoms with Crippen LogP contribution in [0.25, 0.3) is 0 Å². The number of rotatable bonds is 6. The van der Waals surface area contributed by atoms with Gasteiger partial charge in [-0.2, -0.15) is 0 Å². The number of carbonyl (C=O) groups is 2. The number of hydrogen-bond acceptors (Lipinski definition) is 3. The molecule has 1 amide bonds. The van der Waals surface area contributed by atoms with Crippen LogP contribution in [0.15, 0.2) is 24.3 Å². The van der Waals surface area contributed by atoms with Gasteiger partial charge in [0.25, 0.3) is 0 Å². The summed E-state index contributed by atoms with van der Waals surface area (Å²) in [5.74, 6) is -0.234. The summed E-state index contributed by atoms with van der Waals surface area (Å²) in [5.41, 5.74) is 0.326. The Morgan fingerprint density at radius 2 is 1.86 bits per heavy atom. The number of aliphatic carboxylic acids is 1. The summed E-state index contributed by atoms with van der Waals surface area (Å²) in [6.07, 6.45) is 3.68. The SMILES string of the molecule is COc1ccc(CC(=O)NC2(CC(=O)O)CCCC2)cc1. The molecule has 1 aromatic carbocycles. The molecule has 21 heavy (non-hydrogen) atoms. The highest BCUT2D eigenvalue weighted by molar-refractivity contribution is 5.80. The van der Waals surface area contributed by atoms with Crippen LogP contribution in [0.2, 0.25) is 0 Å². The molecule has 5 nitrogen and oxygen atoms in total. The van der Waals surface area contributed by atoms with Crippen molar-refractivity contribution in [1.82, 2.24) is 5.32 Å². The van der Waals surface area contributed by atoms with Crippen molar-refractivity contribution >= 4 is 11.9 Å². The number of carboxylic acids is 1. The monoisotopic (exact) mass is 291 g/mol. The van der Waals surface area contributed by atoms with Crippen molar-refractivity contribution in [3.63, 3.8) is 0 Å². The van der Waals surface area contributed by atoms with Crippen molar-refractivity contribution in [3.05, 3.63) is 29.8 Å². The molecule has 1 saturated carbocycles. The van der Waals surface area contributed by atoms with Crippen LogP contribution in [0.1, 0.15) is 37.7 Å². The summed E-state index contributed by atoms with van der Waals surface area (Å²) < 4.78 is 5.08. The zero-order valence-electron chi connectivity index (χ0n) is 12.2. The van der Waals surface area contributed by atoms with Crippen LogP contribution in [0, 0.1) is 0 Å². The highest BCUT2D eigenvalue weighted by atomic mass is 16.5. The molecule has 5 heteroatoms. The lowest BCUT2D eigenvalue weighted by atomic mass is 9.92. The highest BCUT2D eigenvalue weighted by Crippen LogP contribution is 2.32. The molecule has 0 aliphatic heterocycles. The van der Waals surface area contributed by atoms with Gasteiger partial charge in [-0.15, -0.1) is 0 Å². The van der Waals surface area contributed by atoms with Gasteiger partial charge in [-0.25, -0.2) is 0 Å². The molecule has 0 unspecified atom stereocenters. The smallest absolute Gasteiger partial charge is 0.305 e. The van der Waals surface area contributed by atoms with Gasteiger partial charge in [0.15, 0.2) is 0 Å². The topological polar surface area (TPSA) is 75.6 Å². The van der Waals surface area contributed by atoms with Crippen molar-refractivity contribution in [1.29, 1.82) is 0 Å². The molecule has 0 atom stereocenters. The second-order valence-corrected chi connectivity index (χ2v) is 5.63. The van der Waals surface area contributed by atoms with Crippen LogP contribution in [-0.4, -0.2) is 29.6 Å². The number of ether oxygens (including phenoxy) is 1. The first-order valence-corrected chi connectivity index (χ1v) is 7.19. The fourth-order valence-corrected chi connectivity index (χ4v) is 2.96. The molecule has 1 fully saturated rings. The largest absolute Gasteiger partial charge is 0.497 e. The summed E-state index contributed by atoms with van der Waals surface area (Å²) in [4.78, 5) is 23.2. The van der Waals surface area contributed by atoms with Crippen LogP contribution >= 0.6 is 0 Å². The van der Waals surface area contributed by atoms with E-state index in [0.717, 1.165) is 37.0 Å². The third-order valence-electron chi connectivity index (χ3n) is 3.98. The quantitative estimate of drug-likeness (QED) is 0.842. The molecule has 0 saturated heterocycles. The van der Waals surface area contributed by atoms with E-state index in [9.17, 15) is 9.59 Å². The zero-order valence-corrected chi connectivity index (χ0v) is 12.2. The molecule has 1 aliphatic carbocycles. The third-order valence-corrected chi connectivity index (χ3v) is 3.98. The lowest BCUT2D eigenvalue weighted by molar-refractivity contribution is -0.139. The van der Waals surface area contributed by atoms with Gasteiger partial charge in [0, 0.05) is 0 Å². The van der Waals surface area contributed by atoms with Crippen LogP contribution in [-0.2, 0) is 16.0 Å². The molecular formula is C16H21NO4. The number of methoxy groups -OCH3 is 1. The number of amides is 1. The van der Waals surface area contributed by atoms with Gasteiger partial charge in [0.1, 0.15) is 5.75 Å². The second kappa shape index (κ2) is 6.61. The van der Waals surface area contributed by atoms with E-state index in [1.54, 1.807) is 7.11 Å². The molecule has 2 N–H and O–H groups in total. The van der Waals surface area contributed by atoms with E-state index in [-0.39, 0.29) is 18.7 Å². The summed E-state index contributed by atoms with van der Waals surface area (Å²) in [6, 6.07) is 7.31. The van der Waals surface area contributed by atoms with Crippen LogP contribution in [0.5, 0.6) is 5.75 Å². The Morgan fingerprint density at radius 3 is 2.38 bits per heavy atom. The Morgan fingerprint density at radius 1 is 1.24 bits per heavy atom. The number of benzene rings is 1. The van der Waals surface area contributed by atoms with E-state index in [0.29, 0.717) is 0 Å². The Balaban J connectivity index is 1.97. The molecule has 0 bridgehead atoms. The molecule has 0 aromatic heterocycles. The van der Waals surface area contributed by atoms with E-state index >= 15 is 0 Å². The van der Waals surface area contributed by atoms with Crippen molar-refractivity contribution in [3.8, 4) is 5.75 Å². The van der Waals surface area contributed by atoms with E-state index < -0.39 is 11.5 Å². The number of hydrogen-bond donors (Lipinski definition) is 2. The Bertz CT molecular complexity index is 504. The fraction of sp³-hybridized carbons (Fsp3) is 0.500. The maximum atomic E-state index is 12.2. The van der Waals surface area contributed by atoms with Gasteiger partial charge in [-0.3, -0.25) is 9.59 Å². The Hall–Kier alpha value is -2.04. The van der Waals surface area contributed by atoms with Crippen molar-refractivity contribution in [2.24, 2.45) is 0 Å². The van der Waals surface area contributed by atoms with Gasteiger partial charge in [-0.05, 0) is 30.5 Å². The molecule has 2 rings (SSSR count). The molecule has 1 aliphatic rings. The predicted molar refractivity (Wildman–Crippen MR) is 78.3 cm³/mol. The lowest BCUT2D eigenvalue weighted by Gasteiger charge is -2.28. The third kappa shape index (κ3) is 4.21. The molecule has 0 heterocycles. The minimum atomic E-state index is -0.860. The fourth-order valence-electron chi connectivity index (χ4n) is 2.96. The second-order valence-electron chi connectivity index (χ2n) is 5.63. The summed E-state index contributed by atoms with van der Waals surface area (Å²) in [7, 11) is 1.59. The summed E-state index contributed by atoms with van der Waals surface area (Å²) in [6.45, 7) is 0. The first-order valence-electron chi connectivity index (χ1n) is 7.19. The standard InChI is InChI=1S/C16H21NO4/c1-21-13-6-4-12(5-7-13)10-14(18)17-16(11-15(19)20)8-2-3-9-16/h4-7H,2-3,8-11H2,1H3,(H,17,18)(H,19,20).